The Morgan fingerprint density at radius 2 is 1.24 bits per heavy atom. The summed E-state index contributed by atoms with van der Waals surface area (Å²) in [4.78, 5) is 0. The van der Waals surface area contributed by atoms with Crippen molar-refractivity contribution < 1.29 is 0 Å². The number of para-hydroxylation sites is 3. The van der Waals surface area contributed by atoms with Gasteiger partial charge in [0, 0.05) is 38.7 Å². The number of nitrogens with zero attached hydrogens (tertiary/aromatic N) is 5. The molecule has 0 saturated carbocycles. The summed E-state index contributed by atoms with van der Waals surface area (Å²) >= 11 is 0. The van der Waals surface area contributed by atoms with Crippen LogP contribution in [0.3, 0.4) is 0 Å². The van der Waals surface area contributed by atoms with Crippen molar-refractivity contribution in [3.05, 3.63) is 161 Å². The molecule has 0 radical (unpaired) electrons. The number of hydrogen-bond acceptors (Lipinski definition) is 3. The summed E-state index contributed by atoms with van der Waals surface area (Å²) in [6, 6.07) is 49.8. The second-order valence-electron chi connectivity index (χ2n) is 12.6. The fraction of sp³-hybridized carbons (Fsp3) is 0.0444. The van der Waals surface area contributed by atoms with E-state index in [2.05, 4.69) is 100 Å². The van der Waals surface area contributed by atoms with Gasteiger partial charge in [0.15, 0.2) is 0 Å². The fourth-order valence-electron chi connectivity index (χ4n) is 7.74. The third-order valence-corrected chi connectivity index (χ3v) is 9.88. The summed E-state index contributed by atoms with van der Waals surface area (Å²) in [7, 11) is 0. The minimum absolute atomic E-state index is 0.547. The molecule has 0 saturated heterocycles. The topological polar surface area (TPSA) is 81.2 Å². The van der Waals surface area contributed by atoms with Gasteiger partial charge in [0.1, 0.15) is 6.07 Å². The Hall–Kier alpha value is -7.13. The van der Waals surface area contributed by atoms with Gasteiger partial charge in [0.2, 0.25) is 0 Å². The Morgan fingerprint density at radius 1 is 0.520 bits per heavy atom. The van der Waals surface area contributed by atoms with E-state index in [1.807, 2.05) is 66.7 Å². The summed E-state index contributed by atoms with van der Waals surface area (Å²) < 4.78 is 4.51. The number of nitriles is 3. The molecule has 1 aliphatic rings. The molecular formula is C45H27N5. The molecule has 9 rings (SSSR count). The maximum atomic E-state index is 10.5. The summed E-state index contributed by atoms with van der Waals surface area (Å²) in [5.41, 5.74) is 12.8. The molecule has 50 heavy (non-hydrogen) atoms. The lowest BCUT2D eigenvalue weighted by Crippen LogP contribution is -2.07. The molecule has 0 bridgehead atoms. The first-order valence-electron chi connectivity index (χ1n) is 16.6. The van der Waals surface area contributed by atoms with Crippen LogP contribution in [0.1, 0.15) is 34.4 Å². The molecule has 5 nitrogen and oxygen atoms in total. The lowest BCUT2D eigenvalue weighted by Gasteiger charge is -2.21. The predicted octanol–water partition coefficient (Wildman–Crippen LogP) is 10.6. The summed E-state index contributed by atoms with van der Waals surface area (Å²) in [6.07, 6.45) is 6.21. The van der Waals surface area contributed by atoms with Crippen LogP contribution in [0, 0.1) is 34.0 Å². The smallest absolute Gasteiger partial charge is 0.101 e. The Morgan fingerprint density at radius 3 is 2.06 bits per heavy atom. The van der Waals surface area contributed by atoms with Gasteiger partial charge in [-0.1, -0.05) is 78.9 Å². The third-order valence-electron chi connectivity index (χ3n) is 9.88. The normalized spacial score (nSPS) is 12.1. The number of benzene rings is 6. The van der Waals surface area contributed by atoms with Crippen molar-refractivity contribution in [3.63, 3.8) is 0 Å². The van der Waals surface area contributed by atoms with Gasteiger partial charge >= 0.3 is 0 Å². The van der Waals surface area contributed by atoms with Crippen molar-refractivity contribution in [1.29, 1.82) is 15.8 Å². The van der Waals surface area contributed by atoms with E-state index in [1.165, 1.54) is 11.3 Å². The first-order valence-corrected chi connectivity index (χ1v) is 16.6. The van der Waals surface area contributed by atoms with E-state index >= 15 is 0 Å². The molecule has 0 spiro atoms. The molecule has 0 aliphatic heterocycles. The zero-order chi connectivity index (χ0) is 33.8. The molecular weight excluding hydrogens is 611 g/mol. The van der Waals surface area contributed by atoms with Gasteiger partial charge in [-0.05, 0) is 90.2 Å². The van der Waals surface area contributed by atoms with Crippen molar-refractivity contribution in [2.45, 2.75) is 12.8 Å². The Bertz CT molecular complexity index is 2860. The molecule has 2 aromatic heterocycles. The Balaban J connectivity index is 1.30. The van der Waals surface area contributed by atoms with Gasteiger partial charge in [-0.2, -0.15) is 15.8 Å². The van der Waals surface area contributed by atoms with Crippen LogP contribution >= 0.6 is 0 Å². The number of allylic oxidation sites excluding steroid dienone is 1. The highest BCUT2D eigenvalue weighted by Gasteiger charge is 2.24. The van der Waals surface area contributed by atoms with E-state index in [-0.39, 0.29) is 0 Å². The highest BCUT2D eigenvalue weighted by atomic mass is 15.0. The van der Waals surface area contributed by atoms with Crippen LogP contribution in [-0.4, -0.2) is 9.13 Å². The molecule has 1 aliphatic carbocycles. The van der Waals surface area contributed by atoms with Crippen LogP contribution in [-0.2, 0) is 6.42 Å². The van der Waals surface area contributed by atoms with E-state index in [4.69, 9.17) is 0 Å². The fourth-order valence-corrected chi connectivity index (χ4v) is 7.74. The maximum Gasteiger partial charge on any atom is 0.101 e. The van der Waals surface area contributed by atoms with Crippen molar-refractivity contribution in [1.82, 2.24) is 9.13 Å². The maximum absolute atomic E-state index is 10.5. The van der Waals surface area contributed by atoms with Crippen molar-refractivity contribution in [3.8, 4) is 51.8 Å². The predicted molar refractivity (Wildman–Crippen MR) is 200 cm³/mol. The lowest BCUT2D eigenvalue weighted by atomic mass is 9.90. The Labute approximate surface area is 289 Å². The van der Waals surface area contributed by atoms with Gasteiger partial charge in [0.25, 0.3) is 0 Å². The average Bonchev–Trinajstić information content (AvgIpc) is 3.70. The number of fused-ring (bicyclic) bond motifs is 6. The zero-order valence-corrected chi connectivity index (χ0v) is 26.9. The molecule has 232 valence electrons. The standard InChI is InChI=1S/C45H27N5/c46-26-29-19-21-34(31-9-7-11-33(25-31)49-41-16-4-3-14-37(41)40-24-30(27-47)20-22-44(40)49)39(23-29)38-15-8-10-32(28-48)45(38)50-42-17-5-1-12-35(42)36-13-2-6-18-43(36)50/h1-5,7-17,19-25H,6,18H2. The van der Waals surface area contributed by atoms with E-state index in [0.29, 0.717) is 16.7 Å². The average molecular weight is 638 g/mol. The van der Waals surface area contributed by atoms with Crippen LogP contribution in [0.5, 0.6) is 0 Å². The van der Waals surface area contributed by atoms with Crippen molar-refractivity contribution >= 4 is 38.8 Å². The van der Waals surface area contributed by atoms with Crippen molar-refractivity contribution in [2.24, 2.45) is 0 Å². The molecule has 5 heteroatoms. The molecule has 6 aromatic carbocycles. The van der Waals surface area contributed by atoms with Crippen LogP contribution in [0.25, 0.3) is 72.4 Å². The SMILES string of the molecule is N#Cc1ccc(-c2cccc(-n3c4ccccc4c4cc(C#N)ccc43)c2)c(-c2cccc(C#N)c2-n2c3c(c4ccccc42)C=CCC3)c1. The van der Waals surface area contributed by atoms with Gasteiger partial charge in [0.05, 0.1) is 51.1 Å². The lowest BCUT2D eigenvalue weighted by molar-refractivity contribution is 0.888. The largest absolute Gasteiger partial charge is 0.311 e. The first kappa shape index (κ1) is 29.0. The molecule has 8 aromatic rings. The number of rotatable bonds is 4. The second kappa shape index (κ2) is 11.5. The van der Waals surface area contributed by atoms with Crippen LogP contribution in [0.4, 0.5) is 0 Å². The van der Waals surface area contributed by atoms with E-state index in [1.54, 1.807) is 0 Å². The van der Waals surface area contributed by atoms with Crippen LogP contribution < -0.4 is 0 Å². The van der Waals surface area contributed by atoms with Crippen LogP contribution in [0.2, 0.25) is 0 Å². The van der Waals surface area contributed by atoms with Crippen LogP contribution in [0.15, 0.2) is 133 Å². The second-order valence-corrected chi connectivity index (χ2v) is 12.6. The zero-order valence-electron chi connectivity index (χ0n) is 26.9. The van der Waals surface area contributed by atoms with E-state index in [9.17, 15) is 15.8 Å². The minimum atomic E-state index is 0.547. The highest BCUT2D eigenvalue weighted by molar-refractivity contribution is 6.09. The van der Waals surface area contributed by atoms with Gasteiger partial charge < -0.3 is 9.13 Å². The quantitative estimate of drug-likeness (QED) is 0.193. The monoisotopic (exact) mass is 637 g/mol. The molecule has 0 fully saturated rings. The summed E-state index contributed by atoms with van der Waals surface area (Å²) in [6.45, 7) is 0. The van der Waals surface area contributed by atoms with Gasteiger partial charge in [-0.15, -0.1) is 0 Å². The Kier molecular flexibility index (Phi) is 6.70. The van der Waals surface area contributed by atoms with Gasteiger partial charge in [-0.25, -0.2) is 0 Å². The van der Waals surface area contributed by atoms with Gasteiger partial charge in [-0.3, -0.25) is 0 Å². The first-order chi connectivity index (χ1) is 24.7. The summed E-state index contributed by atoms with van der Waals surface area (Å²) in [5, 5.41) is 33.5. The minimum Gasteiger partial charge on any atom is -0.311 e. The highest BCUT2D eigenvalue weighted by Crippen LogP contribution is 2.42. The van der Waals surface area contributed by atoms with Crippen molar-refractivity contribution in [2.75, 3.05) is 0 Å². The molecule has 0 amide bonds. The molecule has 0 unspecified atom stereocenters. The summed E-state index contributed by atoms with van der Waals surface area (Å²) in [5.74, 6) is 0. The third kappa shape index (κ3) is 4.37. The molecule has 0 atom stereocenters. The van der Waals surface area contributed by atoms with E-state index < -0.39 is 0 Å². The number of hydrogen-bond donors (Lipinski definition) is 0. The molecule has 2 heterocycles. The van der Waals surface area contributed by atoms with E-state index in [0.717, 1.165) is 79.2 Å². The number of aromatic nitrogens is 2. The molecule has 0 N–H and O–H groups in total.